The predicted octanol–water partition coefficient (Wildman–Crippen LogP) is 6.48. The molecule has 0 spiro atoms. The van der Waals surface area contributed by atoms with E-state index in [1.807, 2.05) is 14.1 Å². The van der Waals surface area contributed by atoms with E-state index in [9.17, 15) is 9.46 Å². The Morgan fingerprint density at radius 1 is 0.703 bits per heavy atom. The highest BCUT2D eigenvalue weighted by atomic mass is 31.2. The molecule has 0 aliphatic carbocycles. The van der Waals surface area contributed by atoms with Crippen LogP contribution in [0.1, 0.15) is 110 Å². The lowest BCUT2D eigenvalue weighted by atomic mass is 10.0. The SMILES string of the molecule is CCCCCCCCCCCCCCCCCCOC[C@H](COP(=O)(O)OCC[N+](C)(C)CCO)OC. The average molecular weight is 555 g/mol. The van der Waals surface area contributed by atoms with Crippen molar-refractivity contribution in [2.24, 2.45) is 0 Å². The second kappa shape index (κ2) is 25.0. The Labute approximate surface area is 228 Å². The molecule has 0 aromatic rings. The van der Waals surface area contributed by atoms with Crippen LogP contribution < -0.4 is 0 Å². The number of phosphoric acid groups is 1. The first kappa shape index (κ1) is 37.0. The fourth-order valence-electron chi connectivity index (χ4n) is 4.15. The van der Waals surface area contributed by atoms with Crippen molar-refractivity contribution in [3.05, 3.63) is 0 Å². The highest BCUT2D eigenvalue weighted by Gasteiger charge is 2.25. The van der Waals surface area contributed by atoms with Gasteiger partial charge in [0.05, 0.1) is 33.9 Å². The number of phosphoric ester groups is 1. The third-order valence-electron chi connectivity index (χ3n) is 6.86. The molecule has 0 amide bonds. The minimum absolute atomic E-state index is 0.0508. The van der Waals surface area contributed by atoms with Crippen LogP contribution in [0, 0.1) is 0 Å². The van der Waals surface area contributed by atoms with E-state index in [2.05, 4.69) is 6.92 Å². The maximum atomic E-state index is 12.1. The van der Waals surface area contributed by atoms with Gasteiger partial charge < -0.3 is 24.0 Å². The smallest absolute Gasteiger partial charge is 0.391 e. The molecule has 2 atom stereocenters. The number of aliphatic hydroxyl groups is 1. The van der Waals surface area contributed by atoms with Crippen molar-refractivity contribution in [1.29, 1.82) is 0 Å². The Morgan fingerprint density at radius 2 is 1.19 bits per heavy atom. The van der Waals surface area contributed by atoms with E-state index in [-0.39, 0.29) is 19.8 Å². The molecule has 0 heterocycles. The van der Waals surface area contributed by atoms with Gasteiger partial charge in [0.25, 0.3) is 0 Å². The van der Waals surface area contributed by atoms with E-state index in [1.54, 1.807) is 0 Å². The Bertz CT molecular complexity index is 537. The number of likely N-dealkylation sites (N-methyl/N-ethyl adjacent to an activating group) is 1. The maximum Gasteiger partial charge on any atom is 0.472 e. The number of hydrogen-bond donors (Lipinski definition) is 2. The molecule has 0 radical (unpaired) electrons. The molecule has 0 aliphatic heterocycles. The molecular weight excluding hydrogens is 493 g/mol. The average Bonchev–Trinajstić information content (AvgIpc) is 2.84. The summed E-state index contributed by atoms with van der Waals surface area (Å²) in [7, 11) is 1.21. The third kappa shape index (κ3) is 26.0. The molecule has 37 heavy (non-hydrogen) atoms. The van der Waals surface area contributed by atoms with Gasteiger partial charge in [0.1, 0.15) is 25.8 Å². The number of methoxy groups -OCH3 is 1. The lowest BCUT2D eigenvalue weighted by Gasteiger charge is -2.29. The van der Waals surface area contributed by atoms with Crippen LogP contribution in [0.3, 0.4) is 0 Å². The van der Waals surface area contributed by atoms with Crippen LogP contribution in [-0.4, -0.2) is 87.9 Å². The van der Waals surface area contributed by atoms with Crippen molar-refractivity contribution in [3.8, 4) is 0 Å². The topological polar surface area (TPSA) is 94.5 Å². The Morgan fingerprint density at radius 3 is 1.65 bits per heavy atom. The van der Waals surface area contributed by atoms with E-state index < -0.39 is 13.9 Å². The summed E-state index contributed by atoms with van der Waals surface area (Å²) in [4.78, 5) is 9.87. The number of aliphatic hydroxyl groups excluding tert-OH is 1. The fourth-order valence-corrected chi connectivity index (χ4v) is 4.89. The van der Waals surface area contributed by atoms with Crippen LogP contribution in [0.15, 0.2) is 0 Å². The van der Waals surface area contributed by atoms with E-state index >= 15 is 0 Å². The summed E-state index contributed by atoms with van der Waals surface area (Å²) in [5.41, 5.74) is 0. The first-order chi connectivity index (χ1) is 17.8. The van der Waals surface area contributed by atoms with Crippen LogP contribution in [0.4, 0.5) is 0 Å². The highest BCUT2D eigenvalue weighted by molar-refractivity contribution is 7.47. The molecule has 0 fully saturated rings. The zero-order valence-electron chi connectivity index (χ0n) is 24.7. The zero-order valence-corrected chi connectivity index (χ0v) is 25.6. The number of rotatable bonds is 29. The first-order valence-corrected chi connectivity index (χ1v) is 16.4. The number of nitrogens with zero attached hydrogens (tertiary/aromatic N) is 1. The van der Waals surface area contributed by atoms with Crippen LogP contribution in [-0.2, 0) is 23.1 Å². The zero-order chi connectivity index (χ0) is 27.7. The number of hydrogen-bond acceptors (Lipinski definition) is 6. The highest BCUT2D eigenvalue weighted by Crippen LogP contribution is 2.43. The summed E-state index contributed by atoms with van der Waals surface area (Å²) in [5, 5.41) is 9.04. The predicted molar refractivity (Wildman–Crippen MR) is 152 cm³/mol. The quantitative estimate of drug-likeness (QED) is 0.0621. The van der Waals surface area contributed by atoms with E-state index in [1.165, 1.54) is 97.0 Å². The van der Waals surface area contributed by atoms with E-state index in [0.29, 0.717) is 30.8 Å². The summed E-state index contributed by atoms with van der Waals surface area (Å²) >= 11 is 0. The van der Waals surface area contributed by atoms with Crippen molar-refractivity contribution < 1.29 is 37.6 Å². The largest absolute Gasteiger partial charge is 0.472 e. The normalized spacial score (nSPS) is 14.6. The molecule has 1 unspecified atom stereocenters. The van der Waals surface area contributed by atoms with Gasteiger partial charge in [-0.1, -0.05) is 103 Å². The van der Waals surface area contributed by atoms with Crippen molar-refractivity contribution in [2.75, 3.05) is 67.3 Å². The van der Waals surface area contributed by atoms with E-state index in [0.717, 1.165) is 12.8 Å². The summed E-state index contributed by atoms with van der Waals surface area (Å²) in [6.07, 6.45) is 21.0. The van der Waals surface area contributed by atoms with Gasteiger partial charge in [0.2, 0.25) is 0 Å². The van der Waals surface area contributed by atoms with Gasteiger partial charge in [-0.2, -0.15) is 0 Å². The molecule has 0 aromatic heterocycles. The van der Waals surface area contributed by atoms with Crippen molar-refractivity contribution in [1.82, 2.24) is 0 Å². The molecule has 0 bridgehead atoms. The van der Waals surface area contributed by atoms with Crippen LogP contribution in [0.2, 0.25) is 0 Å². The monoisotopic (exact) mass is 554 g/mol. The third-order valence-corrected chi connectivity index (χ3v) is 7.84. The molecule has 0 aliphatic rings. The molecule has 9 heteroatoms. The lowest BCUT2D eigenvalue weighted by Crippen LogP contribution is -2.44. The summed E-state index contributed by atoms with van der Waals surface area (Å²) in [6, 6.07) is 0. The van der Waals surface area contributed by atoms with Gasteiger partial charge in [0.15, 0.2) is 0 Å². The standard InChI is InChI=1S/C28H60NO7P/c1-5-6-7-8-9-10-11-12-13-14-15-16-17-18-19-20-24-34-26-28(33-4)27-36-37(31,32)35-25-22-29(2,3)21-23-30/h28,30H,5-27H2,1-4H3/p+1/t28-/m1/s1. The van der Waals surface area contributed by atoms with Crippen LogP contribution in [0.25, 0.3) is 0 Å². The van der Waals surface area contributed by atoms with Crippen LogP contribution >= 0.6 is 7.82 Å². The van der Waals surface area contributed by atoms with Gasteiger partial charge in [-0.25, -0.2) is 4.57 Å². The van der Waals surface area contributed by atoms with Gasteiger partial charge >= 0.3 is 7.82 Å². The molecule has 224 valence electrons. The summed E-state index contributed by atoms with van der Waals surface area (Å²) in [6.45, 7) is 4.32. The maximum absolute atomic E-state index is 12.1. The van der Waals surface area contributed by atoms with Gasteiger partial charge in [-0.05, 0) is 6.42 Å². The van der Waals surface area contributed by atoms with Crippen LogP contribution in [0.5, 0.6) is 0 Å². The Balaban J connectivity index is 3.57. The summed E-state index contributed by atoms with van der Waals surface area (Å²) < 4.78 is 33.7. The van der Waals surface area contributed by atoms with E-state index in [4.69, 9.17) is 23.6 Å². The van der Waals surface area contributed by atoms with Gasteiger partial charge in [-0.3, -0.25) is 9.05 Å². The molecule has 0 saturated carbocycles. The number of quaternary nitrogens is 1. The molecular formula is C28H61NO7P+. The fraction of sp³-hybridized carbons (Fsp3) is 1.00. The molecule has 0 rings (SSSR count). The minimum atomic E-state index is -4.15. The minimum Gasteiger partial charge on any atom is -0.391 e. The lowest BCUT2D eigenvalue weighted by molar-refractivity contribution is -0.890. The number of ether oxygens (including phenoxy) is 2. The van der Waals surface area contributed by atoms with Gasteiger partial charge in [0, 0.05) is 13.7 Å². The molecule has 8 nitrogen and oxygen atoms in total. The molecule has 0 saturated heterocycles. The molecule has 2 N–H and O–H groups in total. The Hall–Kier alpha value is -0.0500. The second-order valence-corrected chi connectivity index (χ2v) is 12.4. The summed E-state index contributed by atoms with van der Waals surface area (Å²) in [5.74, 6) is 0. The molecule has 0 aromatic carbocycles. The first-order valence-electron chi connectivity index (χ1n) is 14.9. The second-order valence-electron chi connectivity index (χ2n) is 10.9. The van der Waals surface area contributed by atoms with Crippen molar-refractivity contribution >= 4 is 7.82 Å². The van der Waals surface area contributed by atoms with Crippen molar-refractivity contribution in [3.63, 3.8) is 0 Å². The Kier molecular flexibility index (Phi) is 24.9. The van der Waals surface area contributed by atoms with Crippen molar-refractivity contribution in [2.45, 2.75) is 116 Å². The number of unbranched alkanes of at least 4 members (excludes halogenated alkanes) is 15. The van der Waals surface area contributed by atoms with Gasteiger partial charge in [-0.15, -0.1) is 0 Å².